The molecule has 0 aliphatic carbocycles. The Labute approximate surface area is 220 Å². The lowest BCUT2D eigenvalue weighted by molar-refractivity contribution is -0.384. The fraction of sp³-hybridized carbons (Fsp3) is 0.600. The van der Waals surface area contributed by atoms with E-state index in [0.717, 1.165) is 25.1 Å². The van der Waals surface area contributed by atoms with Gasteiger partial charge in [-0.1, -0.05) is 0 Å². The summed E-state index contributed by atoms with van der Waals surface area (Å²) in [5.74, 6) is -0.00488. The zero-order valence-electron chi connectivity index (χ0n) is 22.3. The molecule has 208 valence electrons. The number of piperazine rings is 1. The van der Waals surface area contributed by atoms with Gasteiger partial charge in [-0.2, -0.15) is 18.2 Å². The van der Waals surface area contributed by atoms with Crippen molar-refractivity contribution in [2.45, 2.75) is 63.8 Å². The molecule has 0 unspecified atom stereocenters. The van der Waals surface area contributed by atoms with Gasteiger partial charge in [0.2, 0.25) is 11.8 Å². The molecule has 2 fully saturated rings. The van der Waals surface area contributed by atoms with E-state index in [0.29, 0.717) is 26.2 Å². The van der Waals surface area contributed by atoms with Crippen molar-refractivity contribution in [1.82, 2.24) is 20.2 Å². The third kappa shape index (κ3) is 5.93. The van der Waals surface area contributed by atoms with Crippen molar-refractivity contribution >= 4 is 28.8 Å². The molecule has 2 aliphatic heterocycles. The normalized spacial score (nSPS) is 20.3. The minimum Gasteiger partial charge on any atom is -0.368 e. The van der Waals surface area contributed by atoms with Crippen LogP contribution in [0.2, 0.25) is 0 Å². The Morgan fingerprint density at radius 2 is 1.76 bits per heavy atom. The van der Waals surface area contributed by atoms with Gasteiger partial charge in [0.1, 0.15) is 6.20 Å². The summed E-state index contributed by atoms with van der Waals surface area (Å²) in [7, 11) is 2.06. The molecular weight excluding hydrogens is 501 g/mol. The zero-order valence-corrected chi connectivity index (χ0v) is 22.3. The fourth-order valence-electron chi connectivity index (χ4n) is 5.49. The first-order valence-electron chi connectivity index (χ1n) is 12.6. The van der Waals surface area contributed by atoms with Crippen molar-refractivity contribution in [1.29, 1.82) is 0 Å². The topological polar surface area (TPSA) is 111 Å². The van der Waals surface area contributed by atoms with Crippen LogP contribution in [0.15, 0.2) is 24.4 Å². The first kappa shape index (κ1) is 27.8. The van der Waals surface area contributed by atoms with E-state index in [2.05, 4.69) is 65.6 Å². The lowest BCUT2D eigenvalue weighted by Crippen LogP contribution is -2.61. The van der Waals surface area contributed by atoms with E-state index in [9.17, 15) is 23.3 Å². The SMILES string of the molecule is CN1C(C)(C)CC(Nc2nc(Nc3ccc(N4CCNCC4)c(C(F)(F)F)c3)ncc2[N+](=O)[O-])CC1(C)C. The lowest BCUT2D eigenvalue weighted by Gasteiger charge is -2.53. The Hall–Kier alpha value is -3.19. The predicted molar refractivity (Wildman–Crippen MR) is 141 cm³/mol. The third-order valence-electron chi connectivity index (χ3n) is 7.63. The van der Waals surface area contributed by atoms with Crippen LogP contribution in [0.5, 0.6) is 0 Å². The van der Waals surface area contributed by atoms with Gasteiger partial charge in [0.15, 0.2) is 0 Å². The van der Waals surface area contributed by atoms with Crippen LogP contribution in [0.25, 0.3) is 0 Å². The Bertz CT molecular complexity index is 1160. The van der Waals surface area contributed by atoms with Crippen molar-refractivity contribution < 1.29 is 18.1 Å². The first-order valence-corrected chi connectivity index (χ1v) is 12.6. The minimum absolute atomic E-state index is 0.0298. The summed E-state index contributed by atoms with van der Waals surface area (Å²) < 4.78 is 41.9. The highest BCUT2D eigenvalue weighted by Gasteiger charge is 2.43. The summed E-state index contributed by atoms with van der Waals surface area (Å²) in [4.78, 5) is 23.5. The van der Waals surface area contributed by atoms with Crippen molar-refractivity contribution in [2.75, 3.05) is 48.8 Å². The maximum atomic E-state index is 14.0. The predicted octanol–water partition coefficient (Wildman–Crippen LogP) is 4.62. The summed E-state index contributed by atoms with van der Waals surface area (Å²) >= 11 is 0. The van der Waals surface area contributed by atoms with Gasteiger partial charge in [-0.3, -0.25) is 15.0 Å². The van der Waals surface area contributed by atoms with E-state index in [1.165, 1.54) is 12.1 Å². The molecule has 0 spiro atoms. The van der Waals surface area contributed by atoms with E-state index >= 15 is 0 Å². The molecule has 38 heavy (non-hydrogen) atoms. The van der Waals surface area contributed by atoms with Crippen LogP contribution in [-0.2, 0) is 6.18 Å². The van der Waals surface area contributed by atoms with Gasteiger partial charge in [-0.15, -0.1) is 0 Å². The van der Waals surface area contributed by atoms with E-state index < -0.39 is 16.7 Å². The summed E-state index contributed by atoms with van der Waals surface area (Å²) in [5, 5.41) is 20.9. The number of halogens is 3. The summed E-state index contributed by atoms with van der Waals surface area (Å²) in [6, 6.07) is 3.89. The second-order valence-electron chi connectivity index (χ2n) is 11.2. The molecule has 3 N–H and O–H groups in total. The molecule has 0 radical (unpaired) electrons. The van der Waals surface area contributed by atoms with Crippen LogP contribution in [0.1, 0.15) is 46.1 Å². The van der Waals surface area contributed by atoms with Gasteiger partial charge in [0, 0.05) is 54.7 Å². The number of nitrogens with zero attached hydrogens (tertiary/aromatic N) is 5. The maximum absolute atomic E-state index is 14.0. The molecule has 1 aromatic carbocycles. The van der Waals surface area contributed by atoms with Gasteiger partial charge in [-0.25, -0.2) is 4.98 Å². The first-order chi connectivity index (χ1) is 17.7. The van der Waals surface area contributed by atoms with E-state index in [1.807, 2.05) is 0 Å². The maximum Gasteiger partial charge on any atom is 0.418 e. The van der Waals surface area contributed by atoms with Crippen molar-refractivity contribution in [2.24, 2.45) is 0 Å². The molecule has 13 heteroatoms. The van der Waals surface area contributed by atoms with Crippen LogP contribution in [0.4, 0.5) is 42.0 Å². The van der Waals surface area contributed by atoms with E-state index in [-0.39, 0.29) is 45.9 Å². The quantitative estimate of drug-likeness (QED) is 0.360. The van der Waals surface area contributed by atoms with E-state index in [1.54, 1.807) is 4.90 Å². The number of aromatic nitrogens is 2. The van der Waals surface area contributed by atoms with Gasteiger partial charge >= 0.3 is 11.9 Å². The van der Waals surface area contributed by atoms with Gasteiger partial charge in [-0.05, 0) is 65.8 Å². The second-order valence-corrected chi connectivity index (χ2v) is 11.2. The molecule has 2 aliphatic rings. The molecule has 10 nitrogen and oxygen atoms in total. The second kappa shape index (κ2) is 10.2. The Balaban J connectivity index is 1.61. The fourth-order valence-corrected chi connectivity index (χ4v) is 5.49. The molecule has 2 saturated heterocycles. The molecule has 2 aromatic rings. The number of anilines is 4. The molecule has 1 aromatic heterocycles. The van der Waals surface area contributed by atoms with Crippen LogP contribution in [0, 0.1) is 10.1 Å². The average molecular weight is 537 g/mol. The van der Waals surface area contributed by atoms with Gasteiger partial charge in [0.05, 0.1) is 10.5 Å². The smallest absolute Gasteiger partial charge is 0.368 e. The molecule has 4 rings (SSSR count). The Morgan fingerprint density at radius 3 is 2.34 bits per heavy atom. The number of nitro groups is 1. The van der Waals surface area contributed by atoms with Crippen LogP contribution < -0.4 is 20.9 Å². The van der Waals surface area contributed by atoms with Crippen molar-refractivity contribution in [3.8, 4) is 0 Å². The summed E-state index contributed by atoms with van der Waals surface area (Å²) in [6.45, 7) is 10.6. The Morgan fingerprint density at radius 1 is 1.13 bits per heavy atom. The highest BCUT2D eigenvalue weighted by Crippen LogP contribution is 2.40. The van der Waals surface area contributed by atoms with Gasteiger partial charge < -0.3 is 20.9 Å². The number of hydrogen-bond acceptors (Lipinski definition) is 9. The zero-order chi connectivity index (χ0) is 27.9. The van der Waals surface area contributed by atoms with Crippen LogP contribution >= 0.6 is 0 Å². The molecule has 0 saturated carbocycles. The van der Waals surface area contributed by atoms with Crippen LogP contribution in [-0.4, -0.2) is 70.1 Å². The number of alkyl halides is 3. The number of likely N-dealkylation sites (tertiary alicyclic amines) is 1. The molecule has 0 bridgehead atoms. The number of nitrogens with one attached hydrogen (secondary N) is 3. The molecule has 0 atom stereocenters. The summed E-state index contributed by atoms with van der Waals surface area (Å²) in [5.41, 5.74) is -1.14. The van der Waals surface area contributed by atoms with Crippen molar-refractivity contribution in [3.05, 3.63) is 40.1 Å². The molecule has 3 heterocycles. The number of rotatable bonds is 6. The largest absolute Gasteiger partial charge is 0.418 e. The van der Waals surface area contributed by atoms with Crippen molar-refractivity contribution in [3.63, 3.8) is 0 Å². The highest BCUT2D eigenvalue weighted by molar-refractivity contribution is 5.66. The molecule has 0 amide bonds. The minimum atomic E-state index is -4.56. The number of piperidine rings is 1. The number of benzene rings is 1. The van der Waals surface area contributed by atoms with E-state index in [4.69, 9.17) is 0 Å². The lowest BCUT2D eigenvalue weighted by atomic mass is 9.77. The third-order valence-corrected chi connectivity index (χ3v) is 7.63. The average Bonchev–Trinajstić information content (AvgIpc) is 2.82. The van der Waals surface area contributed by atoms with Gasteiger partial charge in [0.25, 0.3) is 0 Å². The standard InChI is InChI=1S/C25H35F3N8O2/c1-23(2)13-17(14-24(3,4)34(23)5)31-21-20(36(37)38)15-30-22(33-21)32-16-6-7-19(18(12-16)25(26,27)28)35-10-8-29-9-11-35/h6-7,12,15,17,29H,8-11,13-14H2,1-5H3,(H2,30,31,32,33). The Kier molecular flexibility index (Phi) is 7.45. The monoisotopic (exact) mass is 536 g/mol. The summed E-state index contributed by atoms with van der Waals surface area (Å²) in [6.07, 6.45) is -2.05. The van der Waals surface area contributed by atoms with Crippen LogP contribution in [0.3, 0.4) is 0 Å². The molecular formula is C25H35F3N8O2. The highest BCUT2D eigenvalue weighted by atomic mass is 19.4. The number of hydrogen-bond donors (Lipinski definition) is 3.